The number of rotatable bonds is 6. The van der Waals surface area contributed by atoms with Crippen molar-refractivity contribution in [3.63, 3.8) is 0 Å². The molecule has 2 amide bonds. The fourth-order valence-corrected chi connectivity index (χ4v) is 2.18. The van der Waals surface area contributed by atoms with Crippen molar-refractivity contribution in [3.05, 3.63) is 59.2 Å². The van der Waals surface area contributed by atoms with Crippen LogP contribution in [0.2, 0.25) is 0 Å². The molecule has 0 atom stereocenters. The van der Waals surface area contributed by atoms with Crippen molar-refractivity contribution in [2.45, 2.75) is 19.6 Å². The first kappa shape index (κ1) is 20.8. The number of halogens is 3. The number of ether oxygens (including phenoxy) is 1. The second-order valence-corrected chi connectivity index (χ2v) is 5.79. The molecule has 0 aliphatic heterocycles. The Bertz CT molecular complexity index is 903. The van der Waals surface area contributed by atoms with Gasteiger partial charge in [0.15, 0.2) is 6.61 Å². The first-order valence-electron chi connectivity index (χ1n) is 8.06. The molecule has 0 spiro atoms. The number of nitrogens with one attached hydrogen (secondary N) is 2. The van der Waals surface area contributed by atoms with Crippen molar-refractivity contribution in [2.75, 3.05) is 11.9 Å². The Morgan fingerprint density at radius 2 is 1.82 bits per heavy atom. The summed E-state index contributed by atoms with van der Waals surface area (Å²) in [5.74, 6) is -0.850. The van der Waals surface area contributed by atoms with Crippen LogP contribution in [-0.4, -0.2) is 24.6 Å². The van der Waals surface area contributed by atoms with Gasteiger partial charge < -0.3 is 15.4 Å². The number of hydrogen-bond donors (Lipinski definition) is 2. The molecule has 0 saturated heterocycles. The van der Waals surface area contributed by atoms with E-state index in [0.29, 0.717) is 12.1 Å². The lowest BCUT2D eigenvalue weighted by atomic mass is 10.1. The first-order valence-corrected chi connectivity index (χ1v) is 8.06. The van der Waals surface area contributed by atoms with Gasteiger partial charge in [0, 0.05) is 24.7 Å². The van der Waals surface area contributed by atoms with Gasteiger partial charge in [0.25, 0.3) is 5.91 Å². The lowest BCUT2D eigenvalue weighted by molar-refractivity contribution is -0.153. The predicted octanol–water partition coefficient (Wildman–Crippen LogP) is 3.39. The fourth-order valence-electron chi connectivity index (χ4n) is 2.18. The molecule has 0 aromatic heterocycles. The van der Waals surface area contributed by atoms with E-state index in [4.69, 9.17) is 5.26 Å². The average molecular weight is 391 g/mol. The molecule has 9 heteroatoms. The van der Waals surface area contributed by atoms with Gasteiger partial charge in [-0.15, -0.1) is 0 Å². The van der Waals surface area contributed by atoms with Crippen LogP contribution < -0.4 is 15.4 Å². The highest BCUT2D eigenvalue weighted by molar-refractivity contribution is 6.04. The summed E-state index contributed by atoms with van der Waals surface area (Å²) in [7, 11) is 0. The zero-order chi connectivity index (χ0) is 20.7. The molecule has 146 valence electrons. The number of benzene rings is 2. The first-order chi connectivity index (χ1) is 13.2. The number of alkyl halides is 3. The minimum atomic E-state index is -4.52. The van der Waals surface area contributed by atoms with Gasteiger partial charge in [-0.05, 0) is 35.9 Å². The van der Waals surface area contributed by atoms with Gasteiger partial charge >= 0.3 is 6.18 Å². The highest BCUT2D eigenvalue weighted by atomic mass is 19.4. The summed E-state index contributed by atoms with van der Waals surface area (Å²) in [4.78, 5) is 23.2. The van der Waals surface area contributed by atoms with Crippen LogP contribution in [0.15, 0.2) is 42.5 Å². The number of carbonyl (C=O) groups is 2. The summed E-state index contributed by atoms with van der Waals surface area (Å²) in [5, 5.41) is 14.3. The second-order valence-electron chi connectivity index (χ2n) is 5.79. The van der Waals surface area contributed by atoms with Gasteiger partial charge in [0.2, 0.25) is 5.91 Å². The van der Waals surface area contributed by atoms with Crippen LogP contribution in [0.1, 0.15) is 28.4 Å². The normalized spacial score (nSPS) is 10.7. The summed E-state index contributed by atoms with van der Waals surface area (Å²) < 4.78 is 41.3. The number of nitriles is 1. The molecule has 0 aliphatic carbocycles. The summed E-state index contributed by atoms with van der Waals surface area (Å²) in [6, 6.07) is 12.0. The Kier molecular flexibility index (Phi) is 6.60. The Balaban J connectivity index is 2.05. The van der Waals surface area contributed by atoms with Crippen molar-refractivity contribution >= 4 is 17.5 Å². The van der Waals surface area contributed by atoms with E-state index in [1.807, 2.05) is 0 Å². The fraction of sp³-hybridized carbons (Fsp3) is 0.211. The molecule has 0 unspecified atom stereocenters. The zero-order valence-corrected chi connectivity index (χ0v) is 14.8. The highest BCUT2D eigenvalue weighted by Crippen LogP contribution is 2.25. The number of hydrogen-bond acceptors (Lipinski definition) is 4. The van der Waals surface area contributed by atoms with E-state index in [9.17, 15) is 22.8 Å². The molecule has 2 N–H and O–H groups in total. The van der Waals surface area contributed by atoms with Crippen molar-refractivity contribution in [1.82, 2.24) is 5.32 Å². The van der Waals surface area contributed by atoms with Crippen LogP contribution in [0.25, 0.3) is 0 Å². The Hall–Kier alpha value is -3.54. The smallest absolute Gasteiger partial charge is 0.422 e. The van der Waals surface area contributed by atoms with E-state index >= 15 is 0 Å². The summed E-state index contributed by atoms with van der Waals surface area (Å²) >= 11 is 0. The highest BCUT2D eigenvalue weighted by Gasteiger charge is 2.28. The molecule has 0 heterocycles. The van der Waals surface area contributed by atoms with Crippen LogP contribution in [0.3, 0.4) is 0 Å². The lowest BCUT2D eigenvalue weighted by Gasteiger charge is -2.12. The number of nitrogens with zero attached hydrogens (tertiary/aromatic N) is 1. The Labute approximate surface area is 158 Å². The molecule has 2 rings (SSSR count). The zero-order valence-electron chi connectivity index (χ0n) is 14.8. The maximum absolute atomic E-state index is 12.3. The van der Waals surface area contributed by atoms with Crippen LogP contribution in [0, 0.1) is 11.3 Å². The van der Waals surface area contributed by atoms with E-state index in [-0.39, 0.29) is 22.9 Å². The minimum Gasteiger partial charge on any atom is -0.483 e. The molecule has 0 radical (unpaired) electrons. The third kappa shape index (κ3) is 6.32. The summed E-state index contributed by atoms with van der Waals surface area (Å²) in [6.45, 7) is 0.219. The lowest BCUT2D eigenvalue weighted by Crippen LogP contribution is -2.19. The van der Waals surface area contributed by atoms with E-state index in [1.54, 1.807) is 30.3 Å². The van der Waals surface area contributed by atoms with E-state index < -0.39 is 18.7 Å². The van der Waals surface area contributed by atoms with Crippen LogP contribution >= 0.6 is 0 Å². The van der Waals surface area contributed by atoms with E-state index in [0.717, 1.165) is 5.56 Å². The topological polar surface area (TPSA) is 91.2 Å². The third-order valence-electron chi connectivity index (χ3n) is 3.51. The average Bonchev–Trinajstić information content (AvgIpc) is 2.64. The number of carbonyl (C=O) groups excluding carboxylic acids is 2. The van der Waals surface area contributed by atoms with Crippen molar-refractivity contribution in [3.8, 4) is 11.8 Å². The molecule has 0 aliphatic rings. The standard InChI is InChI=1S/C19H16F3N3O3/c1-12(26)24-10-13-2-4-14(5-3-13)18(27)25-16-6-7-17(15(8-16)9-23)28-11-19(20,21)22/h2-8H,10-11H2,1H3,(H,24,26)(H,25,27). The van der Waals surface area contributed by atoms with Gasteiger partial charge in [-0.3, -0.25) is 9.59 Å². The van der Waals surface area contributed by atoms with Gasteiger partial charge in [-0.2, -0.15) is 18.4 Å². The van der Waals surface area contributed by atoms with Crippen LogP contribution in [0.5, 0.6) is 5.75 Å². The summed E-state index contributed by atoms with van der Waals surface area (Å²) in [6.07, 6.45) is -4.52. The van der Waals surface area contributed by atoms with Crippen molar-refractivity contribution < 1.29 is 27.5 Å². The molecule has 2 aromatic carbocycles. The van der Waals surface area contributed by atoms with Crippen LogP contribution in [0.4, 0.5) is 18.9 Å². The quantitative estimate of drug-likeness (QED) is 0.790. The van der Waals surface area contributed by atoms with Gasteiger partial charge in [-0.25, -0.2) is 0 Å². The van der Waals surface area contributed by atoms with Crippen molar-refractivity contribution in [2.24, 2.45) is 0 Å². The molecule has 0 bridgehead atoms. The SMILES string of the molecule is CC(=O)NCc1ccc(C(=O)Nc2ccc(OCC(F)(F)F)c(C#N)c2)cc1. The molecule has 0 fully saturated rings. The predicted molar refractivity (Wildman–Crippen MR) is 94.6 cm³/mol. The second kappa shape index (κ2) is 8.90. The van der Waals surface area contributed by atoms with E-state index in [1.165, 1.54) is 25.1 Å². The number of amides is 2. The minimum absolute atomic E-state index is 0.132. The number of anilines is 1. The Morgan fingerprint density at radius 1 is 1.14 bits per heavy atom. The molecule has 28 heavy (non-hydrogen) atoms. The van der Waals surface area contributed by atoms with Gasteiger partial charge in [0.1, 0.15) is 11.8 Å². The largest absolute Gasteiger partial charge is 0.483 e. The molecule has 6 nitrogen and oxygen atoms in total. The maximum Gasteiger partial charge on any atom is 0.422 e. The Morgan fingerprint density at radius 3 is 2.39 bits per heavy atom. The maximum atomic E-state index is 12.3. The van der Waals surface area contributed by atoms with Crippen LogP contribution in [-0.2, 0) is 11.3 Å². The monoisotopic (exact) mass is 391 g/mol. The van der Waals surface area contributed by atoms with Crippen molar-refractivity contribution in [1.29, 1.82) is 5.26 Å². The molecular weight excluding hydrogens is 375 g/mol. The van der Waals surface area contributed by atoms with Gasteiger partial charge in [-0.1, -0.05) is 12.1 Å². The van der Waals surface area contributed by atoms with E-state index in [2.05, 4.69) is 15.4 Å². The molecule has 0 saturated carbocycles. The molecular formula is C19H16F3N3O3. The molecule has 2 aromatic rings. The third-order valence-corrected chi connectivity index (χ3v) is 3.51. The van der Waals surface area contributed by atoms with Gasteiger partial charge in [0.05, 0.1) is 5.56 Å². The summed E-state index contributed by atoms with van der Waals surface area (Å²) in [5.41, 5.74) is 1.25.